The molecule has 0 atom stereocenters. The zero-order chi connectivity index (χ0) is 12.9. The lowest BCUT2D eigenvalue weighted by molar-refractivity contribution is 0.0434. The standard InChI is InChI=1S/C9H7N5O3S/c1-3(2)6-11-12-9(18-6)14-5-4(10-13-14)7(15)17-8(5)16/h3H,1-2H3. The van der Waals surface area contributed by atoms with E-state index in [4.69, 9.17) is 0 Å². The molecule has 0 amide bonds. The number of carbonyl (C=O) groups excluding carboxylic acids is 2. The maximum atomic E-state index is 11.5. The van der Waals surface area contributed by atoms with Crippen molar-refractivity contribution in [2.24, 2.45) is 0 Å². The Bertz CT molecular complexity index is 659. The van der Waals surface area contributed by atoms with Gasteiger partial charge in [-0.05, 0) is 0 Å². The summed E-state index contributed by atoms with van der Waals surface area (Å²) in [4.78, 5) is 22.7. The van der Waals surface area contributed by atoms with Gasteiger partial charge in [0.1, 0.15) is 5.01 Å². The maximum Gasteiger partial charge on any atom is 0.369 e. The minimum Gasteiger partial charge on any atom is -0.383 e. The van der Waals surface area contributed by atoms with Gasteiger partial charge in [-0.1, -0.05) is 30.4 Å². The van der Waals surface area contributed by atoms with Crippen molar-refractivity contribution in [1.82, 2.24) is 25.2 Å². The molecule has 0 saturated carbocycles. The molecule has 0 radical (unpaired) electrons. The summed E-state index contributed by atoms with van der Waals surface area (Å²) in [5.41, 5.74) is -0.0762. The van der Waals surface area contributed by atoms with E-state index in [0.717, 1.165) is 5.01 Å². The summed E-state index contributed by atoms with van der Waals surface area (Å²) in [6, 6.07) is 0. The molecule has 18 heavy (non-hydrogen) atoms. The van der Waals surface area contributed by atoms with Crippen LogP contribution in [0.5, 0.6) is 0 Å². The van der Waals surface area contributed by atoms with Crippen LogP contribution in [0.15, 0.2) is 0 Å². The first-order valence-electron chi connectivity index (χ1n) is 5.14. The van der Waals surface area contributed by atoms with Crippen LogP contribution in [-0.4, -0.2) is 37.1 Å². The van der Waals surface area contributed by atoms with Crippen molar-refractivity contribution in [3.8, 4) is 5.13 Å². The number of carbonyl (C=O) groups is 2. The van der Waals surface area contributed by atoms with Crippen LogP contribution in [0.25, 0.3) is 5.13 Å². The average Bonchev–Trinajstić information content (AvgIpc) is 2.98. The van der Waals surface area contributed by atoms with Crippen molar-refractivity contribution in [2.75, 3.05) is 0 Å². The Hall–Kier alpha value is -2.16. The van der Waals surface area contributed by atoms with Gasteiger partial charge in [-0.15, -0.1) is 15.3 Å². The van der Waals surface area contributed by atoms with Crippen LogP contribution in [-0.2, 0) is 4.74 Å². The van der Waals surface area contributed by atoms with Crippen LogP contribution in [0, 0.1) is 0 Å². The molecule has 0 aromatic carbocycles. The molecule has 0 unspecified atom stereocenters. The molecule has 1 aliphatic heterocycles. The SMILES string of the molecule is CC(C)c1nnc(-n2nnc3c2C(=O)OC3=O)s1. The fourth-order valence-electron chi connectivity index (χ4n) is 1.46. The molecule has 3 rings (SSSR count). The fraction of sp³-hybridized carbons (Fsp3) is 0.333. The second kappa shape index (κ2) is 3.67. The van der Waals surface area contributed by atoms with Crippen LogP contribution in [0.2, 0.25) is 0 Å². The van der Waals surface area contributed by atoms with Crippen LogP contribution >= 0.6 is 11.3 Å². The molecular formula is C9H7N5O3S. The van der Waals surface area contributed by atoms with Gasteiger partial charge in [0.15, 0.2) is 5.69 Å². The maximum absolute atomic E-state index is 11.5. The van der Waals surface area contributed by atoms with E-state index in [1.54, 1.807) is 0 Å². The summed E-state index contributed by atoms with van der Waals surface area (Å²) in [5.74, 6) is -1.32. The van der Waals surface area contributed by atoms with Gasteiger partial charge >= 0.3 is 11.9 Å². The number of hydrogen-bond donors (Lipinski definition) is 0. The highest BCUT2D eigenvalue weighted by molar-refractivity contribution is 7.13. The van der Waals surface area contributed by atoms with Crippen molar-refractivity contribution in [2.45, 2.75) is 19.8 Å². The number of esters is 2. The van der Waals surface area contributed by atoms with Crippen molar-refractivity contribution in [3.05, 3.63) is 16.4 Å². The Labute approximate surface area is 105 Å². The summed E-state index contributed by atoms with van der Waals surface area (Å²) in [6.45, 7) is 3.96. The van der Waals surface area contributed by atoms with Gasteiger partial charge in [-0.25, -0.2) is 9.59 Å². The average molecular weight is 265 g/mol. The molecule has 0 fully saturated rings. The molecule has 0 bridgehead atoms. The molecule has 2 aromatic heterocycles. The van der Waals surface area contributed by atoms with E-state index in [2.05, 4.69) is 25.2 Å². The largest absolute Gasteiger partial charge is 0.383 e. The van der Waals surface area contributed by atoms with Gasteiger partial charge in [0.2, 0.25) is 10.8 Å². The highest BCUT2D eigenvalue weighted by atomic mass is 32.1. The molecule has 2 aromatic rings. The lowest BCUT2D eigenvalue weighted by Gasteiger charge is -1.96. The minimum absolute atomic E-state index is 0.00598. The highest BCUT2D eigenvalue weighted by Crippen LogP contribution is 2.25. The normalized spacial score (nSPS) is 14.2. The summed E-state index contributed by atoms with van der Waals surface area (Å²) < 4.78 is 5.63. The Morgan fingerprint density at radius 2 is 1.94 bits per heavy atom. The van der Waals surface area contributed by atoms with Crippen LogP contribution in [0.1, 0.15) is 45.7 Å². The lowest BCUT2D eigenvalue weighted by Crippen LogP contribution is -2.08. The molecule has 9 heteroatoms. The Morgan fingerprint density at radius 1 is 1.17 bits per heavy atom. The van der Waals surface area contributed by atoms with Gasteiger partial charge in [0.05, 0.1) is 0 Å². The van der Waals surface area contributed by atoms with Gasteiger partial charge in [0.25, 0.3) is 0 Å². The van der Waals surface area contributed by atoms with E-state index in [-0.39, 0.29) is 17.3 Å². The molecule has 0 saturated heterocycles. The molecule has 0 spiro atoms. The van der Waals surface area contributed by atoms with E-state index in [0.29, 0.717) is 5.13 Å². The fourth-order valence-corrected chi connectivity index (χ4v) is 2.26. The second-order valence-electron chi connectivity index (χ2n) is 3.95. The van der Waals surface area contributed by atoms with E-state index < -0.39 is 11.9 Å². The van der Waals surface area contributed by atoms with Crippen molar-refractivity contribution in [3.63, 3.8) is 0 Å². The number of hydrogen-bond acceptors (Lipinski definition) is 8. The predicted molar refractivity (Wildman–Crippen MR) is 58.7 cm³/mol. The Morgan fingerprint density at radius 3 is 2.61 bits per heavy atom. The summed E-state index contributed by atoms with van der Waals surface area (Å²) in [5, 5.41) is 16.5. The van der Waals surface area contributed by atoms with E-state index in [9.17, 15) is 9.59 Å². The summed E-state index contributed by atoms with van der Waals surface area (Å²) in [7, 11) is 0. The first-order valence-corrected chi connectivity index (χ1v) is 5.95. The Kier molecular flexibility index (Phi) is 2.23. The number of nitrogens with zero attached hydrogens (tertiary/aromatic N) is 5. The van der Waals surface area contributed by atoms with Gasteiger partial charge in [-0.3, -0.25) is 0 Å². The molecule has 1 aliphatic rings. The molecule has 0 aliphatic carbocycles. The monoisotopic (exact) mass is 265 g/mol. The zero-order valence-corrected chi connectivity index (χ0v) is 10.3. The molecular weight excluding hydrogens is 258 g/mol. The number of cyclic esters (lactones) is 2. The third kappa shape index (κ3) is 1.44. The van der Waals surface area contributed by atoms with E-state index >= 15 is 0 Å². The lowest BCUT2D eigenvalue weighted by atomic mass is 10.2. The first kappa shape index (κ1) is 11.0. The third-order valence-electron chi connectivity index (χ3n) is 2.35. The quantitative estimate of drug-likeness (QED) is 0.577. The van der Waals surface area contributed by atoms with Gasteiger partial charge < -0.3 is 4.74 Å². The van der Waals surface area contributed by atoms with E-state index in [1.165, 1.54) is 16.0 Å². The second-order valence-corrected chi connectivity index (χ2v) is 4.94. The third-order valence-corrected chi connectivity index (χ3v) is 3.55. The molecule has 92 valence electrons. The molecule has 8 nitrogen and oxygen atoms in total. The molecule has 0 N–H and O–H groups in total. The van der Waals surface area contributed by atoms with Gasteiger partial charge in [0, 0.05) is 5.92 Å². The summed E-state index contributed by atoms with van der Waals surface area (Å²) >= 11 is 1.29. The Balaban J connectivity index is 2.11. The van der Waals surface area contributed by atoms with Crippen LogP contribution < -0.4 is 0 Å². The van der Waals surface area contributed by atoms with Crippen molar-refractivity contribution < 1.29 is 14.3 Å². The topological polar surface area (TPSA) is 99.9 Å². The van der Waals surface area contributed by atoms with Crippen molar-refractivity contribution in [1.29, 1.82) is 0 Å². The first-order chi connectivity index (χ1) is 8.58. The molecule has 3 heterocycles. The van der Waals surface area contributed by atoms with E-state index in [1.807, 2.05) is 13.8 Å². The van der Waals surface area contributed by atoms with Crippen LogP contribution in [0.3, 0.4) is 0 Å². The number of fused-ring (bicyclic) bond motifs is 1. The zero-order valence-electron chi connectivity index (χ0n) is 9.45. The van der Waals surface area contributed by atoms with Crippen molar-refractivity contribution >= 4 is 23.3 Å². The number of aromatic nitrogens is 5. The minimum atomic E-state index is -0.783. The smallest absolute Gasteiger partial charge is 0.369 e. The number of rotatable bonds is 2. The summed E-state index contributed by atoms with van der Waals surface area (Å²) in [6.07, 6.45) is 0. The van der Waals surface area contributed by atoms with Gasteiger partial charge in [-0.2, -0.15) is 4.68 Å². The highest BCUT2D eigenvalue weighted by Gasteiger charge is 2.37. The number of ether oxygens (including phenoxy) is 1. The van der Waals surface area contributed by atoms with Crippen LogP contribution in [0.4, 0.5) is 0 Å². The predicted octanol–water partition coefficient (Wildman–Crippen LogP) is 0.553.